The van der Waals surface area contributed by atoms with E-state index in [0.29, 0.717) is 0 Å². The molecule has 1 saturated heterocycles. The summed E-state index contributed by atoms with van der Waals surface area (Å²) in [4.78, 5) is 0. The lowest BCUT2D eigenvalue weighted by Crippen LogP contribution is -2.47. The smallest absolute Gasteiger partial charge is 0.0119 e. The van der Waals surface area contributed by atoms with E-state index in [9.17, 15) is 0 Å². The minimum absolute atomic E-state index is 0.770. The topological polar surface area (TPSA) is 24.1 Å². The lowest BCUT2D eigenvalue weighted by Gasteiger charge is -2.31. The van der Waals surface area contributed by atoms with E-state index in [1.165, 1.54) is 25.9 Å². The molecule has 1 aliphatic rings. The van der Waals surface area contributed by atoms with Gasteiger partial charge in [-0.3, -0.25) is 0 Å². The highest BCUT2D eigenvalue weighted by Gasteiger charge is 2.21. The third kappa shape index (κ3) is 2.46. The molecule has 0 aromatic carbocycles. The van der Waals surface area contributed by atoms with Crippen LogP contribution in [-0.4, -0.2) is 25.7 Å². The van der Waals surface area contributed by atoms with Gasteiger partial charge in [-0.2, -0.15) is 0 Å². The van der Waals surface area contributed by atoms with Crippen molar-refractivity contribution in [2.45, 2.75) is 32.7 Å². The molecule has 1 aliphatic heterocycles. The molecule has 0 amide bonds. The Kier molecular flexibility index (Phi) is 3.87. The molecule has 0 aromatic heterocycles. The van der Waals surface area contributed by atoms with Gasteiger partial charge in [0.15, 0.2) is 0 Å². The maximum atomic E-state index is 3.55. The maximum absolute atomic E-state index is 3.55. The van der Waals surface area contributed by atoms with Crippen LogP contribution in [0.5, 0.6) is 0 Å². The Bertz CT molecular complexity index is 102. The number of piperidine rings is 1. The molecule has 0 aliphatic carbocycles. The van der Waals surface area contributed by atoms with Gasteiger partial charge >= 0.3 is 0 Å². The molecule has 0 spiro atoms. The van der Waals surface area contributed by atoms with Gasteiger partial charge in [-0.1, -0.05) is 20.3 Å². The molecular weight excluding hydrogens is 136 g/mol. The fourth-order valence-electron chi connectivity index (χ4n) is 1.88. The molecule has 2 atom stereocenters. The van der Waals surface area contributed by atoms with Crippen LogP contribution in [0.3, 0.4) is 0 Å². The summed E-state index contributed by atoms with van der Waals surface area (Å²) in [6.07, 6.45) is 2.59. The van der Waals surface area contributed by atoms with Crippen LogP contribution in [0, 0.1) is 5.92 Å². The van der Waals surface area contributed by atoms with Crippen LogP contribution in [0.25, 0.3) is 0 Å². The second-order valence-corrected chi connectivity index (χ2v) is 3.33. The molecular formula is C9H20N2. The molecule has 0 saturated carbocycles. The van der Waals surface area contributed by atoms with Crippen LogP contribution in [-0.2, 0) is 0 Å². The van der Waals surface area contributed by atoms with E-state index >= 15 is 0 Å². The maximum Gasteiger partial charge on any atom is 0.0119 e. The van der Waals surface area contributed by atoms with Crippen molar-refractivity contribution in [3.8, 4) is 0 Å². The van der Waals surface area contributed by atoms with Gasteiger partial charge in [0.25, 0.3) is 0 Å². The van der Waals surface area contributed by atoms with E-state index in [1.807, 2.05) is 0 Å². The van der Waals surface area contributed by atoms with Crippen LogP contribution in [0.1, 0.15) is 26.7 Å². The molecule has 2 unspecified atom stereocenters. The van der Waals surface area contributed by atoms with Gasteiger partial charge in [0.1, 0.15) is 0 Å². The van der Waals surface area contributed by atoms with Crippen LogP contribution >= 0.6 is 0 Å². The van der Waals surface area contributed by atoms with Crippen molar-refractivity contribution in [2.24, 2.45) is 5.92 Å². The average molecular weight is 156 g/mol. The Balaban J connectivity index is 2.31. The summed E-state index contributed by atoms with van der Waals surface area (Å²) >= 11 is 0. The quantitative estimate of drug-likeness (QED) is 0.636. The SMILES string of the molecule is CCNC1CCNCC1CC. The summed E-state index contributed by atoms with van der Waals surface area (Å²) in [5.41, 5.74) is 0. The largest absolute Gasteiger partial charge is 0.316 e. The second-order valence-electron chi connectivity index (χ2n) is 3.33. The highest BCUT2D eigenvalue weighted by molar-refractivity contribution is 4.81. The third-order valence-corrected chi connectivity index (χ3v) is 2.60. The van der Waals surface area contributed by atoms with Crippen molar-refractivity contribution in [3.05, 3.63) is 0 Å². The zero-order valence-electron chi connectivity index (χ0n) is 7.69. The van der Waals surface area contributed by atoms with Crippen LogP contribution in [0.4, 0.5) is 0 Å². The van der Waals surface area contributed by atoms with Gasteiger partial charge in [-0.25, -0.2) is 0 Å². The summed E-state index contributed by atoms with van der Waals surface area (Å²) in [7, 11) is 0. The summed E-state index contributed by atoms with van der Waals surface area (Å²) in [6, 6.07) is 0.770. The Morgan fingerprint density at radius 2 is 2.27 bits per heavy atom. The molecule has 0 aromatic rings. The summed E-state index contributed by atoms with van der Waals surface area (Å²) in [5, 5.41) is 6.98. The molecule has 2 N–H and O–H groups in total. The summed E-state index contributed by atoms with van der Waals surface area (Å²) in [6.45, 7) is 7.97. The highest BCUT2D eigenvalue weighted by Crippen LogP contribution is 2.14. The lowest BCUT2D eigenvalue weighted by molar-refractivity contribution is 0.275. The zero-order valence-corrected chi connectivity index (χ0v) is 7.69. The van der Waals surface area contributed by atoms with Crippen molar-refractivity contribution >= 4 is 0 Å². The van der Waals surface area contributed by atoms with Crippen molar-refractivity contribution < 1.29 is 0 Å². The van der Waals surface area contributed by atoms with E-state index in [-0.39, 0.29) is 0 Å². The molecule has 1 rings (SSSR count). The van der Waals surface area contributed by atoms with Gasteiger partial charge in [0.2, 0.25) is 0 Å². The molecule has 11 heavy (non-hydrogen) atoms. The molecule has 2 nitrogen and oxygen atoms in total. The van der Waals surface area contributed by atoms with Gasteiger partial charge in [-0.15, -0.1) is 0 Å². The van der Waals surface area contributed by atoms with Crippen molar-refractivity contribution in [1.82, 2.24) is 10.6 Å². The lowest BCUT2D eigenvalue weighted by atomic mass is 9.91. The molecule has 0 bridgehead atoms. The highest BCUT2D eigenvalue weighted by atomic mass is 15.0. The first kappa shape index (κ1) is 9.01. The fraction of sp³-hybridized carbons (Fsp3) is 1.00. The van der Waals surface area contributed by atoms with Crippen molar-refractivity contribution in [2.75, 3.05) is 19.6 Å². The standard InChI is InChI=1S/C9H20N2/c1-3-8-7-10-6-5-9(8)11-4-2/h8-11H,3-7H2,1-2H3. The minimum Gasteiger partial charge on any atom is -0.316 e. The van der Waals surface area contributed by atoms with E-state index in [1.54, 1.807) is 0 Å². The Morgan fingerprint density at radius 1 is 1.45 bits per heavy atom. The molecule has 1 heterocycles. The van der Waals surface area contributed by atoms with Gasteiger partial charge < -0.3 is 10.6 Å². The molecule has 1 fully saturated rings. The molecule has 0 radical (unpaired) electrons. The first-order valence-corrected chi connectivity index (χ1v) is 4.82. The minimum atomic E-state index is 0.770. The Labute approximate surface area is 69.8 Å². The summed E-state index contributed by atoms with van der Waals surface area (Å²) in [5.74, 6) is 0.851. The van der Waals surface area contributed by atoms with Crippen LogP contribution < -0.4 is 10.6 Å². The second kappa shape index (κ2) is 4.73. The summed E-state index contributed by atoms with van der Waals surface area (Å²) < 4.78 is 0. The first-order chi connectivity index (χ1) is 5.38. The molecule has 66 valence electrons. The average Bonchev–Trinajstić information content (AvgIpc) is 2.06. The van der Waals surface area contributed by atoms with Crippen LogP contribution in [0.2, 0.25) is 0 Å². The van der Waals surface area contributed by atoms with E-state index < -0.39 is 0 Å². The number of nitrogens with one attached hydrogen (secondary N) is 2. The van der Waals surface area contributed by atoms with Gasteiger partial charge in [-0.05, 0) is 32.0 Å². The van der Waals surface area contributed by atoms with E-state index in [0.717, 1.165) is 18.5 Å². The van der Waals surface area contributed by atoms with E-state index in [4.69, 9.17) is 0 Å². The number of hydrogen-bond donors (Lipinski definition) is 2. The van der Waals surface area contributed by atoms with Crippen molar-refractivity contribution in [3.63, 3.8) is 0 Å². The predicted molar refractivity (Wildman–Crippen MR) is 48.7 cm³/mol. The predicted octanol–water partition coefficient (Wildman–Crippen LogP) is 0.984. The Morgan fingerprint density at radius 3 is 2.91 bits per heavy atom. The normalized spacial score (nSPS) is 32.2. The number of rotatable bonds is 3. The zero-order chi connectivity index (χ0) is 8.10. The van der Waals surface area contributed by atoms with Gasteiger partial charge in [0.05, 0.1) is 0 Å². The first-order valence-electron chi connectivity index (χ1n) is 4.82. The third-order valence-electron chi connectivity index (χ3n) is 2.60. The fourth-order valence-corrected chi connectivity index (χ4v) is 1.88. The van der Waals surface area contributed by atoms with Crippen LogP contribution in [0.15, 0.2) is 0 Å². The molecule has 2 heteroatoms. The monoisotopic (exact) mass is 156 g/mol. The van der Waals surface area contributed by atoms with Gasteiger partial charge in [0, 0.05) is 6.04 Å². The van der Waals surface area contributed by atoms with E-state index in [2.05, 4.69) is 24.5 Å². The Hall–Kier alpha value is -0.0800. The van der Waals surface area contributed by atoms with Crippen molar-refractivity contribution in [1.29, 1.82) is 0 Å². The number of hydrogen-bond acceptors (Lipinski definition) is 2.